The van der Waals surface area contributed by atoms with Gasteiger partial charge in [-0.25, -0.2) is 4.98 Å². The molecular weight excluding hydrogens is 299 g/mol. The van der Waals surface area contributed by atoms with Gasteiger partial charge in [0.15, 0.2) is 6.61 Å². The van der Waals surface area contributed by atoms with Crippen LogP contribution in [0.25, 0.3) is 0 Å². The lowest BCUT2D eigenvalue weighted by Gasteiger charge is -2.09. The predicted molar refractivity (Wildman–Crippen MR) is 79.6 cm³/mol. The van der Waals surface area contributed by atoms with Crippen LogP contribution in [-0.2, 0) is 4.79 Å². The molecule has 0 saturated heterocycles. The second-order valence-corrected chi connectivity index (χ2v) is 4.86. The predicted octanol–water partition coefficient (Wildman–Crippen LogP) is 3.71. The monoisotopic (exact) mass is 310 g/mol. The number of hydrogen-bond acceptors (Lipinski definition) is 3. The number of rotatable bonds is 4. The Balaban J connectivity index is 1.95. The van der Waals surface area contributed by atoms with E-state index in [4.69, 9.17) is 27.9 Å². The number of carbonyl (C=O) groups is 1. The number of benzene rings is 1. The fourth-order valence-corrected chi connectivity index (χ4v) is 1.90. The van der Waals surface area contributed by atoms with E-state index in [9.17, 15) is 4.79 Å². The Labute approximate surface area is 126 Å². The van der Waals surface area contributed by atoms with Crippen LogP contribution in [0.4, 0.5) is 5.69 Å². The standard InChI is InChI=1S/C14H12Cl2N2O2/c1-9-11(15)7-12(16)14(17-9)20-8-13(19)18-10-5-3-2-4-6-10/h2-7H,8H2,1H3,(H,18,19). The van der Waals surface area contributed by atoms with Gasteiger partial charge >= 0.3 is 0 Å². The maximum atomic E-state index is 11.7. The lowest BCUT2D eigenvalue weighted by molar-refractivity contribution is -0.118. The number of hydrogen-bond donors (Lipinski definition) is 1. The molecule has 0 aliphatic rings. The van der Waals surface area contributed by atoms with Gasteiger partial charge in [0.25, 0.3) is 5.91 Å². The molecule has 0 fully saturated rings. The normalized spacial score (nSPS) is 10.2. The Morgan fingerprint density at radius 1 is 1.25 bits per heavy atom. The number of amides is 1. The summed E-state index contributed by atoms with van der Waals surface area (Å²) in [5.74, 6) is -0.0987. The Morgan fingerprint density at radius 2 is 1.95 bits per heavy atom. The van der Waals surface area contributed by atoms with Gasteiger partial charge in [-0.1, -0.05) is 41.4 Å². The second-order valence-electron chi connectivity index (χ2n) is 4.05. The Morgan fingerprint density at radius 3 is 2.65 bits per heavy atom. The first-order valence-corrected chi connectivity index (χ1v) is 6.62. The molecule has 0 unspecified atom stereocenters. The van der Waals surface area contributed by atoms with Crippen molar-refractivity contribution in [3.05, 3.63) is 52.1 Å². The summed E-state index contributed by atoms with van der Waals surface area (Å²) in [4.78, 5) is 15.8. The Hall–Kier alpha value is -1.78. The van der Waals surface area contributed by atoms with Gasteiger partial charge in [-0.2, -0.15) is 0 Å². The Bertz CT molecular complexity index is 618. The SMILES string of the molecule is Cc1nc(OCC(=O)Nc2ccccc2)c(Cl)cc1Cl. The third kappa shape index (κ3) is 3.85. The highest BCUT2D eigenvalue weighted by molar-refractivity contribution is 6.35. The highest BCUT2D eigenvalue weighted by atomic mass is 35.5. The molecule has 1 amide bonds. The van der Waals surface area contributed by atoms with Gasteiger partial charge in [0.05, 0.1) is 10.7 Å². The number of pyridine rings is 1. The fraction of sp³-hybridized carbons (Fsp3) is 0.143. The van der Waals surface area contributed by atoms with Crippen LogP contribution in [0, 0.1) is 6.92 Å². The van der Waals surface area contributed by atoms with Gasteiger partial charge in [-0.15, -0.1) is 0 Å². The maximum absolute atomic E-state index is 11.7. The van der Waals surface area contributed by atoms with Gasteiger partial charge < -0.3 is 10.1 Å². The molecule has 0 aliphatic heterocycles. The minimum absolute atomic E-state index is 0.178. The number of anilines is 1. The minimum Gasteiger partial charge on any atom is -0.466 e. The number of aromatic nitrogens is 1. The zero-order valence-electron chi connectivity index (χ0n) is 10.7. The largest absolute Gasteiger partial charge is 0.466 e. The first kappa shape index (κ1) is 14.6. The minimum atomic E-state index is -0.290. The van der Waals surface area contributed by atoms with E-state index >= 15 is 0 Å². The summed E-state index contributed by atoms with van der Waals surface area (Å²) in [6, 6.07) is 10.6. The van der Waals surface area contributed by atoms with Crippen LogP contribution >= 0.6 is 23.2 Å². The summed E-state index contributed by atoms with van der Waals surface area (Å²) in [7, 11) is 0. The number of nitrogens with zero attached hydrogens (tertiary/aromatic N) is 1. The van der Waals surface area contributed by atoms with Crippen molar-refractivity contribution in [3.63, 3.8) is 0 Å². The van der Waals surface area contributed by atoms with Crippen LogP contribution in [0.5, 0.6) is 5.88 Å². The molecule has 4 nitrogen and oxygen atoms in total. The summed E-state index contributed by atoms with van der Waals surface area (Å²) < 4.78 is 5.29. The maximum Gasteiger partial charge on any atom is 0.262 e. The van der Waals surface area contributed by atoms with Gasteiger partial charge in [0.2, 0.25) is 5.88 Å². The summed E-state index contributed by atoms with van der Waals surface area (Å²) in [5, 5.41) is 3.42. The zero-order valence-corrected chi connectivity index (χ0v) is 12.2. The number of halogens is 2. The summed E-state index contributed by atoms with van der Waals surface area (Å²) >= 11 is 11.8. The van der Waals surface area contributed by atoms with Crippen LogP contribution in [0.3, 0.4) is 0 Å². The molecule has 0 spiro atoms. The number of para-hydroxylation sites is 1. The van der Waals surface area contributed by atoms with Crippen molar-refractivity contribution in [1.82, 2.24) is 4.98 Å². The van der Waals surface area contributed by atoms with Gasteiger partial charge in [0, 0.05) is 5.69 Å². The van der Waals surface area contributed by atoms with E-state index in [-0.39, 0.29) is 23.4 Å². The van der Waals surface area contributed by atoms with E-state index < -0.39 is 0 Å². The molecule has 104 valence electrons. The van der Waals surface area contributed by atoms with E-state index in [0.717, 1.165) is 0 Å². The van der Waals surface area contributed by atoms with Crippen molar-refractivity contribution in [2.75, 3.05) is 11.9 Å². The molecule has 1 N–H and O–H groups in total. The molecule has 0 bridgehead atoms. The first-order valence-electron chi connectivity index (χ1n) is 5.86. The lowest BCUT2D eigenvalue weighted by atomic mass is 10.3. The van der Waals surface area contributed by atoms with Crippen LogP contribution < -0.4 is 10.1 Å². The van der Waals surface area contributed by atoms with Crippen molar-refractivity contribution in [1.29, 1.82) is 0 Å². The summed E-state index contributed by atoms with van der Waals surface area (Å²) in [6.45, 7) is 1.55. The van der Waals surface area contributed by atoms with Gasteiger partial charge in [-0.3, -0.25) is 4.79 Å². The van der Waals surface area contributed by atoms with Crippen LogP contribution in [0.1, 0.15) is 5.69 Å². The second kappa shape index (κ2) is 6.59. The van der Waals surface area contributed by atoms with Gasteiger partial charge in [0.1, 0.15) is 5.02 Å². The smallest absolute Gasteiger partial charge is 0.262 e. The third-order valence-electron chi connectivity index (χ3n) is 2.47. The van der Waals surface area contributed by atoms with Crippen LogP contribution in [-0.4, -0.2) is 17.5 Å². The molecule has 1 aromatic carbocycles. The van der Waals surface area contributed by atoms with E-state index in [1.54, 1.807) is 19.1 Å². The molecule has 0 radical (unpaired) electrons. The van der Waals surface area contributed by atoms with Crippen LogP contribution in [0.2, 0.25) is 10.0 Å². The third-order valence-corrected chi connectivity index (χ3v) is 3.12. The highest BCUT2D eigenvalue weighted by Crippen LogP contribution is 2.27. The first-order chi connectivity index (χ1) is 9.56. The quantitative estimate of drug-likeness (QED) is 0.936. The molecule has 6 heteroatoms. The molecule has 0 saturated carbocycles. The number of aryl methyl sites for hydroxylation is 1. The van der Waals surface area contributed by atoms with Crippen molar-refractivity contribution in [2.24, 2.45) is 0 Å². The molecule has 1 heterocycles. The van der Waals surface area contributed by atoms with Crippen molar-refractivity contribution in [3.8, 4) is 5.88 Å². The number of nitrogens with one attached hydrogen (secondary N) is 1. The van der Waals surface area contributed by atoms with Crippen LogP contribution in [0.15, 0.2) is 36.4 Å². The number of carbonyl (C=O) groups excluding carboxylic acids is 1. The lowest BCUT2D eigenvalue weighted by Crippen LogP contribution is -2.20. The Kier molecular flexibility index (Phi) is 4.82. The average Bonchev–Trinajstić information content (AvgIpc) is 2.42. The number of ether oxygens (including phenoxy) is 1. The molecule has 0 aliphatic carbocycles. The molecule has 1 aromatic heterocycles. The van der Waals surface area contributed by atoms with Crippen molar-refractivity contribution < 1.29 is 9.53 Å². The van der Waals surface area contributed by atoms with Crippen molar-refractivity contribution >= 4 is 34.8 Å². The van der Waals surface area contributed by atoms with Gasteiger partial charge in [-0.05, 0) is 25.1 Å². The van der Waals surface area contributed by atoms with Crippen molar-refractivity contribution in [2.45, 2.75) is 6.92 Å². The topological polar surface area (TPSA) is 51.2 Å². The van der Waals surface area contributed by atoms with E-state index in [0.29, 0.717) is 16.4 Å². The molecule has 20 heavy (non-hydrogen) atoms. The molecular formula is C14H12Cl2N2O2. The van der Waals surface area contributed by atoms with E-state index in [2.05, 4.69) is 10.3 Å². The highest BCUT2D eigenvalue weighted by Gasteiger charge is 2.10. The molecule has 2 rings (SSSR count). The summed E-state index contributed by atoms with van der Waals surface area (Å²) in [5.41, 5.74) is 1.29. The average molecular weight is 311 g/mol. The zero-order chi connectivity index (χ0) is 14.5. The van der Waals surface area contributed by atoms with E-state index in [1.807, 2.05) is 18.2 Å². The molecule has 2 aromatic rings. The summed E-state index contributed by atoms with van der Waals surface area (Å²) in [6.07, 6.45) is 0. The van der Waals surface area contributed by atoms with E-state index in [1.165, 1.54) is 6.07 Å². The molecule has 0 atom stereocenters. The fourth-order valence-electron chi connectivity index (χ4n) is 1.49.